The highest BCUT2D eigenvalue weighted by atomic mass is 16.5. The Hall–Kier alpha value is -2.59. The normalized spacial score (nSPS) is 14.9. The first kappa shape index (κ1) is 23.6. The summed E-state index contributed by atoms with van der Waals surface area (Å²) in [6.45, 7) is 9.33. The number of hydrogen-bond donors (Lipinski definition) is 0. The molecule has 0 radical (unpaired) electrons. The summed E-state index contributed by atoms with van der Waals surface area (Å²) in [5.41, 5.74) is 3.59. The zero-order valence-corrected chi connectivity index (χ0v) is 20.1. The van der Waals surface area contributed by atoms with Gasteiger partial charge in [0.2, 0.25) is 0 Å². The molecule has 4 heteroatoms. The summed E-state index contributed by atoms with van der Waals surface area (Å²) < 4.78 is 8.54. The molecule has 1 fully saturated rings. The number of likely N-dealkylation sites (tertiary alicyclic amines) is 1. The van der Waals surface area contributed by atoms with Crippen molar-refractivity contribution in [1.82, 2.24) is 14.5 Å². The standard InChI is InChI=1S/C29H39N3O/c1-2-14-25-15-5-8-18-28(25)33-24-12-11-23-32-27-17-7-6-16-26(27)30-29(32)19-13-22-31-20-9-3-4-10-21-31/h2,5-8,15-18H,1,3-4,9-14,19-24H2. The average molecular weight is 446 g/mol. The highest BCUT2D eigenvalue weighted by molar-refractivity contribution is 5.75. The second-order valence-electron chi connectivity index (χ2n) is 9.18. The van der Waals surface area contributed by atoms with Crippen LogP contribution in [0.3, 0.4) is 0 Å². The third-order valence-corrected chi connectivity index (χ3v) is 6.68. The quantitative estimate of drug-likeness (QED) is 0.238. The molecule has 3 aromatic rings. The maximum absolute atomic E-state index is 6.09. The summed E-state index contributed by atoms with van der Waals surface area (Å²) in [6.07, 6.45) is 12.6. The van der Waals surface area contributed by atoms with Crippen molar-refractivity contribution in [3.05, 3.63) is 72.6 Å². The van der Waals surface area contributed by atoms with Crippen LogP contribution in [0, 0.1) is 0 Å². The molecule has 1 aliphatic rings. The Labute approximate surface area is 199 Å². The Kier molecular flexibility index (Phi) is 8.99. The van der Waals surface area contributed by atoms with Crippen molar-refractivity contribution in [2.24, 2.45) is 0 Å². The molecule has 2 aromatic carbocycles. The van der Waals surface area contributed by atoms with Crippen LogP contribution in [0.2, 0.25) is 0 Å². The van der Waals surface area contributed by atoms with Crippen molar-refractivity contribution in [2.75, 3.05) is 26.2 Å². The molecule has 0 spiro atoms. The van der Waals surface area contributed by atoms with Crippen LogP contribution >= 0.6 is 0 Å². The van der Waals surface area contributed by atoms with Gasteiger partial charge in [0.25, 0.3) is 0 Å². The van der Waals surface area contributed by atoms with Crippen molar-refractivity contribution in [3.63, 3.8) is 0 Å². The Morgan fingerprint density at radius 1 is 0.879 bits per heavy atom. The first-order valence-corrected chi connectivity index (χ1v) is 12.8. The molecular formula is C29H39N3O. The fourth-order valence-electron chi connectivity index (χ4n) is 4.91. The summed E-state index contributed by atoms with van der Waals surface area (Å²) in [5.74, 6) is 2.22. The highest BCUT2D eigenvalue weighted by Crippen LogP contribution is 2.21. The molecule has 4 rings (SSSR count). The van der Waals surface area contributed by atoms with Crippen LogP contribution in [0.1, 0.15) is 56.3 Å². The van der Waals surface area contributed by atoms with Gasteiger partial charge in [0.05, 0.1) is 17.6 Å². The number of rotatable bonds is 12. The van der Waals surface area contributed by atoms with Crippen LogP contribution in [0.4, 0.5) is 0 Å². The zero-order chi connectivity index (χ0) is 22.7. The highest BCUT2D eigenvalue weighted by Gasteiger charge is 2.12. The van der Waals surface area contributed by atoms with E-state index in [0.717, 1.165) is 50.1 Å². The van der Waals surface area contributed by atoms with Crippen molar-refractivity contribution in [2.45, 2.75) is 64.3 Å². The van der Waals surface area contributed by atoms with Crippen molar-refractivity contribution in [3.8, 4) is 5.75 Å². The lowest BCUT2D eigenvalue weighted by atomic mass is 10.1. The van der Waals surface area contributed by atoms with Crippen LogP contribution in [0.25, 0.3) is 11.0 Å². The molecule has 2 heterocycles. The Bertz CT molecular complexity index is 1000. The van der Waals surface area contributed by atoms with E-state index in [1.807, 2.05) is 12.1 Å². The number of unbranched alkanes of at least 4 members (excludes halogenated alkanes) is 1. The van der Waals surface area contributed by atoms with E-state index in [4.69, 9.17) is 9.72 Å². The molecule has 33 heavy (non-hydrogen) atoms. The molecule has 1 aliphatic heterocycles. The third-order valence-electron chi connectivity index (χ3n) is 6.68. The topological polar surface area (TPSA) is 30.3 Å². The van der Waals surface area contributed by atoms with E-state index in [0.29, 0.717) is 0 Å². The number of benzene rings is 2. The molecule has 0 saturated carbocycles. The summed E-state index contributed by atoms with van der Waals surface area (Å²) in [5, 5.41) is 0. The van der Waals surface area contributed by atoms with E-state index in [9.17, 15) is 0 Å². The van der Waals surface area contributed by atoms with E-state index in [1.165, 1.54) is 68.6 Å². The van der Waals surface area contributed by atoms with Gasteiger partial charge in [-0.05, 0) is 81.9 Å². The van der Waals surface area contributed by atoms with Crippen LogP contribution in [0.5, 0.6) is 5.75 Å². The lowest BCUT2D eigenvalue weighted by Gasteiger charge is -2.19. The van der Waals surface area contributed by atoms with E-state index in [1.54, 1.807) is 0 Å². The Morgan fingerprint density at radius 3 is 2.52 bits per heavy atom. The number of aryl methyl sites for hydroxylation is 2. The molecule has 4 nitrogen and oxygen atoms in total. The predicted molar refractivity (Wildman–Crippen MR) is 138 cm³/mol. The summed E-state index contributed by atoms with van der Waals surface area (Å²) in [7, 11) is 0. The van der Waals surface area contributed by atoms with Gasteiger partial charge in [0, 0.05) is 13.0 Å². The van der Waals surface area contributed by atoms with Crippen LogP contribution < -0.4 is 4.74 Å². The summed E-state index contributed by atoms with van der Waals surface area (Å²) in [4.78, 5) is 7.65. The number of fused-ring (bicyclic) bond motifs is 1. The second-order valence-corrected chi connectivity index (χ2v) is 9.18. The van der Waals surface area contributed by atoms with Crippen LogP contribution in [0.15, 0.2) is 61.2 Å². The Balaban J connectivity index is 1.30. The second kappa shape index (κ2) is 12.6. The number of hydrogen-bond acceptors (Lipinski definition) is 3. The monoisotopic (exact) mass is 445 g/mol. The number of aromatic nitrogens is 2. The summed E-state index contributed by atoms with van der Waals surface area (Å²) >= 11 is 0. The Morgan fingerprint density at radius 2 is 1.67 bits per heavy atom. The number of ether oxygens (including phenoxy) is 1. The van der Waals surface area contributed by atoms with Gasteiger partial charge in [-0.15, -0.1) is 6.58 Å². The van der Waals surface area contributed by atoms with Crippen LogP contribution in [-0.2, 0) is 19.4 Å². The number of imidazole rings is 1. The number of para-hydroxylation sites is 3. The van der Waals surface area contributed by atoms with Gasteiger partial charge in [0.15, 0.2) is 0 Å². The lowest BCUT2D eigenvalue weighted by molar-refractivity contribution is 0.280. The smallest absolute Gasteiger partial charge is 0.122 e. The van der Waals surface area contributed by atoms with E-state index in [-0.39, 0.29) is 0 Å². The van der Waals surface area contributed by atoms with Gasteiger partial charge < -0.3 is 14.2 Å². The van der Waals surface area contributed by atoms with Crippen molar-refractivity contribution >= 4 is 11.0 Å². The minimum atomic E-state index is 0.741. The maximum Gasteiger partial charge on any atom is 0.122 e. The SMILES string of the molecule is C=CCc1ccccc1OCCCCn1c(CCCN2CCCCCC2)nc2ccccc21. The van der Waals surface area contributed by atoms with Crippen LogP contribution in [-0.4, -0.2) is 40.7 Å². The molecule has 0 N–H and O–H groups in total. The third kappa shape index (κ3) is 6.70. The number of allylic oxidation sites excluding steroid dienone is 1. The molecule has 0 atom stereocenters. The van der Waals surface area contributed by atoms with Gasteiger partial charge in [-0.3, -0.25) is 0 Å². The fourth-order valence-corrected chi connectivity index (χ4v) is 4.91. The largest absolute Gasteiger partial charge is 0.493 e. The fraction of sp³-hybridized carbons (Fsp3) is 0.483. The van der Waals surface area contributed by atoms with Gasteiger partial charge in [-0.1, -0.05) is 49.2 Å². The van der Waals surface area contributed by atoms with Crippen molar-refractivity contribution < 1.29 is 4.74 Å². The van der Waals surface area contributed by atoms with E-state index in [2.05, 4.69) is 58.5 Å². The molecule has 0 unspecified atom stereocenters. The molecular weight excluding hydrogens is 406 g/mol. The van der Waals surface area contributed by atoms with E-state index >= 15 is 0 Å². The minimum Gasteiger partial charge on any atom is -0.493 e. The first-order chi connectivity index (χ1) is 16.3. The minimum absolute atomic E-state index is 0.741. The van der Waals surface area contributed by atoms with Gasteiger partial charge in [-0.2, -0.15) is 0 Å². The molecule has 0 amide bonds. The molecule has 1 aromatic heterocycles. The number of nitrogens with zero attached hydrogens (tertiary/aromatic N) is 3. The predicted octanol–water partition coefficient (Wildman–Crippen LogP) is 6.43. The molecule has 0 bridgehead atoms. The van der Waals surface area contributed by atoms with Crippen molar-refractivity contribution in [1.29, 1.82) is 0 Å². The first-order valence-electron chi connectivity index (χ1n) is 12.8. The molecule has 176 valence electrons. The maximum atomic E-state index is 6.09. The molecule has 1 saturated heterocycles. The van der Waals surface area contributed by atoms with Gasteiger partial charge in [0.1, 0.15) is 11.6 Å². The van der Waals surface area contributed by atoms with E-state index < -0.39 is 0 Å². The lowest BCUT2D eigenvalue weighted by Crippen LogP contribution is -2.26. The van der Waals surface area contributed by atoms with Gasteiger partial charge >= 0.3 is 0 Å². The zero-order valence-electron chi connectivity index (χ0n) is 20.1. The molecule has 0 aliphatic carbocycles. The summed E-state index contributed by atoms with van der Waals surface area (Å²) in [6, 6.07) is 16.8. The average Bonchev–Trinajstić information content (AvgIpc) is 2.99. The van der Waals surface area contributed by atoms with Gasteiger partial charge in [-0.25, -0.2) is 4.98 Å².